The predicted molar refractivity (Wildman–Crippen MR) is 118 cm³/mol. The van der Waals surface area contributed by atoms with E-state index in [1.807, 2.05) is 24.3 Å². The Morgan fingerprint density at radius 1 is 1.23 bits per heavy atom. The minimum Gasteiger partial charge on any atom is -0.484 e. The van der Waals surface area contributed by atoms with Crippen molar-refractivity contribution < 1.29 is 22.7 Å². The molecule has 0 aromatic heterocycles. The molecule has 7 nitrogen and oxygen atoms in total. The molecule has 166 valence electrons. The zero-order valence-electron chi connectivity index (χ0n) is 17.7. The number of hydrogen-bond acceptors (Lipinski definition) is 5. The number of nitrogens with one attached hydrogen (secondary N) is 1. The van der Waals surface area contributed by atoms with Crippen LogP contribution in [-0.4, -0.2) is 46.7 Å². The lowest BCUT2D eigenvalue weighted by atomic mass is 10.0. The molecule has 1 atom stereocenters. The Balaban J connectivity index is 1.42. The fourth-order valence-corrected chi connectivity index (χ4v) is 5.67. The number of aryl methyl sites for hydroxylation is 2. The Hall–Kier alpha value is -2.58. The average Bonchev–Trinajstić information content (AvgIpc) is 3.30. The Kier molecular flexibility index (Phi) is 6.48. The zero-order valence-corrected chi connectivity index (χ0v) is 18.5. The van der Waals surface area contributed by atoms with E-state index in [1.54, 1.807) is 25.1 Å². The van der Waals surface area contributed by atoms with Gasteiger partial charge in [0.1, 0.15) is 5.75 Å². The van der Waals surface area contributed by atoms with Crippen LogP contribution in [0.3, 0.4) is 0 Å². The van der Waals surface area contributed by atoms with Crippen LogP contribution in [0.1, 0.15) is 30.4 Å². The number of carbonyl (C=O) groups is 1. The number of rotatable bonds is 7. The van der Waals surface area contributed by atoms with Gasteiger partial charge in [0.25, 0.3) is 15.9 Å². The number of para-hydroxylation sites is 1. The number of fused-ring (bicyclic) bond motifs is 1. The van der Waals surface area contributed by atoms with Gasteiger partial charge in [0.2, 0.25) is 0 Å². The lowest BCUT2D eigenvalue weighted by Gasteiger charge is -2.30. The highest BCUT2D eigenvalue weighted by Crippen LogP contribution is 2.33. The van der Waals surface area contributed by atoms with Gasteiger partial charge in [-0.25, -0.2) is 8.42 Å². The van der Waals surface area contributed by atoms with E-state index >= 15 is 0 Å². The molecule has 8 heteroatoms. The van der Waals surface area contributed by atoms with E-state index in [-0.39, 0.29) is 23.5 Å². The molecular formula is C23H28N2O5S. The van der Waals surface area contributed by atoms with Crippen molar-refractivity contribution in [1.29, 1.82) is 0 Å². The molecule has 1 saturated heterocycles. The van der Waals surface area contributed by atoms with Gasteiger partial charge in [-0.05, 0) is 68.0 Å². The lowest BCUT2D eigenvalue weighted by molar-refractivity contribution is -0.123. The predicted octanol–water partition coefficient (Wildman–Crippen LogP) is 2.81. The van der Waals surface area contributed by atoms with Crippen LogP contribution in [0.15, 0.2) is 47.4 Å². The van der Waals surface area contributed by atoms with E-state index in [4.69, 9.17) is 9.47 Å². The van der Waals surface area contributed by atoms with Gasteiger partial charge in [0.05, 0.1) is 16.7 Å². The summed E-state index contributed by atoms with van der Waals surface area (Å²) < 4.78 is 39.2. The second kappa shape index (κ2) is 9.28. The Labute approximate surface area is 183 Å². The van der Waals surface area contributed by atoms with Crippen LogP contribution < -0.4 is 14.4 Å². The van der Waals surface area contributed by atoms with Gasteiger partial charge in [-0.15, -0.1) is 0 Å². The standard InChI is InChI=1S/C23H28N2O5S/c1-17-14-20(31(27,28)25-12-4-7-18-6-2-3-9-21(18)25)10-11-22(17)30-16-23(26)24-15-19-8-5-13-29-19/h2-3,6,9-11,14,19H,4-5,7-8,12-13,15-16H2,1H3,(H,24,26). The second-order valence-electron chi connectivity index (χ2n) is 7.96. The van der Waals surface area contributed by atoms with Crippen molar-refractivity contribution in [3.63, 3.8) is 0 Å². The summed E-state index contributed by atoms with van der Waals surface area (Å²) in [6.07, 6.45) is 3.72. The molecule has 2 aliphatic rings. The Morgan fingerprint density at radius 2 is 2.06 bits per heavy atom. The van der Waals surface area contributed by atoms with Crippen molar-refractivity contribution in [2.75, 3.05) is 30.6 Å². The van der Waals surface area contributed by atoms with Gasteiger partial charge >= 0.3 is 0 Å². The zero-order chi connectivity index (χ0) is 21.8. The molecule has 0 saturated carbocycles. The molecule has 2 aliphatic heterocycles. The molecule has 2 heterocycles. The number of anilines is 1. The van der Waals surface area contributed by atoms with Crippen molar-refractivity contribution in [3.8, 4) is 5.75 Å². The van der Waals surface area contributed by atoms with Crippen LogP contribution in [0.2, 0.25) is 0 Å². The molecule has 1 amide bonds. The number of sulfonamides is 1. The highest BCUT2D eigenvalue weighted by molar-refractivity contribution is 7.92. The van der Waals surface area contributed by atoms with Gasteiger partial charge in [-0.1, -0.05) is 18.2 Å². The first kappa shape index (κ1) is 21.6. The summed E-state index contributed by atoms with van der Waals surface area (Å²) in [5, 5.41) is 2.81. The van der Waals surface area contributed by atoms with Gasteiger partial charge in [0, 0.05) is 19.7 Å². The van der Waals surface area contributed by atoms with E-state index in [1.165, 1.54) is 4.31 Å². The van der Waals surface area contributed by atoms with Crippen molar-refractivity contribution in [1.82, 2.24) is 5.32 Å². The molecule has 1 fully saturated rings. The normalized spacial score (nSPS) is 18.5. The number of carbonyl (C=O) groups excluding carboxylic acids is 1. The summed E-state index contributed by atoms with van der Waals surface area (Å²) >= 11 is 0. The third kappa shape index (κ3) is 4.85. The molecule has 2 aromatic rings. The fraction of sp³-hybridized carbons (Fsp3) is 0.435. The molecular weight excluding hydrogens is 416 g/mol. The fourth-order valence-electron chi connectivity index (χ4n) is 4.05. The number of nitrogens with zero attached hydrogens (tertiary/aromatic N) is 1. The highest BCUT2D eigenvalue weighted by Gasteiger charge is 2.29. The maximum atomic E-state index is 13.3. The van der Waals surface area contributed by atoms with E-state index in [2.05, 4.69) is 5.32 Å². The van der Waals surface area contributed by atoms with E-state index in [9.17, 15) is 13.2 Å². The van der Waals surface area contributed by atoms with Gasteiger partial charge in [-0.3, -0.25) is 9.10 Å². The molecule has 1 unspecified atom stereocenters. The second-order valence-corrected chi connectivity index (χ2v) is 9.83. The van der Waals surface area contributed by atoms with E-state index in [0.29, 0.717) is 24.4 Å². The lowest BCUT2D eigenvalue weighted by Crippen LogP contribution is -2.35. The topological polar surface area (TPSA) is 84.9 Å². The summed E-state index contributed by atoms with van der Waals surface area (Å²) in [6, 6.07) is 12.4. The van der Waals surface area contributed by atoms with Gasteiger partial charge in [0.15, 0.2) is 6.61 Å². The first-order valence-electron chi connectivity index (χ1n) is 10.7. The smallest absolute Gasteiger partial charge is 0.264 e. The number of benzene rings is 2. The number of ether oxygens (including phenoxy) is 2. The van der Waals surface area contributed by atoms with Crippen molar-refractivity contribution in [2.24, 2.45) is 0 Å². The summed E-state index contributed by atoms with van der Waals surface area (Å²) in [5.74, 6) is 0.266. The van der Waals surface area contributed by atoms with E-state index in [0.717, 1.165) is 43.5 Å². The van der Waals surface area contributed by atoms with Crippen LogP contribution >= 0.6 is 0 Å². The molecule has 0 aliphatic carbocycles. The Bertz CT molecular complexity index is 1050. The van der Waals surface area contributed by atoms with E-state index < -0.39 is 10.0 Å². The SMILES string of the molecule is Cc1cc(S(=O)(=O)N2CCCc3ccccc32)ccc1OCC(=O)NCC1CCCO1. The monoisotopic (exact) mass is 444 g/mol. The molecule has 1 N–H and O–H groups in total. The van der Waals surface area contributed by atoms with Crippen LogP contribution in [0.5, 0.6) is 5.75 Å². The summed E-state index contributed by atoms with van der Waals surface area (Å²) in [5.41, 5.74) is 2.45. The minimum absolute atomic E-state index is 0.0788. The van der Waals surface area contributed by atoms with Gasteiger partial charge in [-0.2, -0.15) is 0 Å². The third-order valence-electron chi connectivity index (χ3n) is 5.71. The quantitative estimate of drug-likeness (QED) is 0.710. The van der Waals surface area contributed by atoms with Gasteiger partial charge < -0.3 is 14.8 Å². The Morgan fingerprint density at radius 3 is 2.84 bits per heavy atom. The van der Waals surface area contributed by atoms with Crippen LogP contribution in [0.25, 0.3) is 0 Å². The molecule has 0 bridgehead atoms. The molecule has 0 radical (unpaired) electrons. The minimum atomic E-state index is -3.68. The average molecular weight is 445 g/mol. The molecule has 31 heavy (non-hydrogen) atoms. The van der Waals surface area contributed by atoms with Crippen molar-refractivity contribution in [2.45, 2.75) is 43.6 Å². The highest BCUT2D eigenvalue weighted by atomic mass is 32.2. The van der Waals surface area contributed by atoms with Crippen LogP contribution in [0, 0.1) is 6.92 Å². The number of hydrogen-bond donors (Lipinski definition) is 1. The molecule has 0 spiro atoms. The summed E-state index contributed by atoms with van der Waals surface area (Å²) in [6.45, 7) is 3.34. The first-order valence-corrected chi connectivity index (χ1v) is 12.1. The van der Waals surface area contributed by atoms with Crippen LogP contribution in [-0.2, 0) is 26.0 Å². The van der Waals surface area contributed by atoms with Crippen molar-refractivity contribution >= 4 is 21.6 Å². The largest absolute Gasteiger partial charge is 0.484 e. The maximum Gasteiger partial charge on any atom is 0.264 e. The summed E-state index contributed by atoms with van der Waals surface area (Å²) in [4.78, 5) is 12.3. The molecule has 2 aromatic carbocycles. The van der Waals surface area contributed by atoms with Crippen molar-refractivity contribution in [3.05, 3.63) is 53.6 Å². The maximum absolute atomic E-state index is 13.3. The summed E-state index contributed by atoms with van der Waals surface area (Å²) in [7, 11) is -3.68. The van der Waals surface area contributed by atoms with Crippen LogP contribution in [0.4, 0.5) is 5.69 Å². The third-order valence-corrected chi connectivity index (χ3v) is 7.52. The first-order chi connectivity index (χ1) is 14.9. The molecule has 4 rings (SSSR count). The number of amides is 1.